The molecule has 0 spiro atoms. The first-order valence-corrected chi connectivity index (χ1v) is 10.9. The quantitative estimate of drug-likeness (QED) is 0.224. The molecule has 2 N–H and O–H groups in total. The number of aromatic hydroxyl groups is 1. The second-order valence-electron chi connectivity index (χ2n) is 7.49. The molecule has 0 aliphatic carbocycles. The molecule has 1 saturated heterocycles. The molecule has 176 valence electrons. The van der Waals surface area contributed by atoms with Gasteiger partial charge < -0.3 is 29.7 Å². The van der Waals surface area contributed by atoms with Crippen LogP contribution in [0.15, 0.2) is 47.5 Å². The van der Waals surface area contributed by atoms with E-state index in [1.807, 2.05) is 30.3 Å². The topological polar surface area (TPSA) is 69.6 Å². The molecule has 0 radical (unpaired) electrons. The summed E-state index contributed by atoms with van der Waals surface area (Å²) in [6, 6.07) is 13.6. The van der Waals surface area contributed by atoms with E-state index in [4.69, 9.17) is 14.5 Å². The number of aliphatic imine (C=N–C) groups is 1. The number of hydrogen-bond acceptors (Lipinski definition) is 5. The molecular weight excluding hydrogens is 519 g/mol. The number of nitrogens with zero attached hydrogens (tertiary/aromatic N) is 3. The lowest BCUT2D eigenvalue weighted by Crippen LogP contribution is -2.52. The van der Waals surface area contributed by atoms with Gasteiger partial charge in [0, 0.05) is 39.3 Å². The van der Waals surface area contributed by atoms with Crippen LogP contribution in [0.2, 0.25) is 0 Å². The van der Waals surface area contributed by atoms with Crippen LogP contribution in [0.25, 0.3) is 0 Å². The third kappa shape index (κ3) is 6.82. The van der Waals surface area contributed by atoms with Crippen LogP contribution in [0.4, 0.5) is 5.69 Å². The largest absolute Gasteiger partial charge is 0.506 e. The Balaban J connectivity index is 0.00000363. The van der Waals surface area contributed by atoms with Crippen LogP contribution in [-0.2, 0) is 6.42 Å². The fraction of sp³-hybridized carbons (Fsp3) is 0.458. The molecule has 8 heteroatoms. The number of phenols is 1. The Labute approximate surface area is 208 Å². The minimum Gasteiger partial charge on any atom is -0.506 e. The highest BCUT2D eigenvalue weighted by Gasteiger charge is 2.21. The predicted molar refractivity (Wildman–Crippen MR) is 141 cm³/mol. The van der Waals surface area contributed by atoms with Crippen LogP contribution in [-0.4, -0.2) is 69.5 Å². The van der Waals surface area contributed by atoms with Crippen LogP contribution >= 0.6 is 24.0 Å². The van der Waals surface area contributed by atoms with Crippen molar-refractivity contribution < 1.29 is 14.6 Å². The minimum absolute atomic E-state index is 0. The zero-order chi connectivity index (χ0) is 22.1. The molecule has 1 fully saturated rings. The van der Waals surface area contributed by atoms with Crippen LogP contribution < -0.4 is 19.7 Å². The number of ether oxygens (including phenoxy) is 2. The molecule has 0 unspecified atom stereocenters. The molecule has 2 aromatic rings. The summed E-state index contributed by atoms with van der Waals surface area (Å²) in [5.41, 5.74) is 2.12. The highest BCUT2D eigenvalue weighted by atomic mass is 127. The van der Waals surface area contributed by atoms with Crippen LogP contribution in [0, 0.1) is 0 Å². The zero-order valence-corrected chi connectivity index (χ0v) is 21.5. The third-order valence-electron chi connectivity index (χ3n) is 5.47. The van der Waals surface area contributed by atoms with E-state index in [1.54, 1.807) is 20.3 Å². The molecule has 0 saturated carbocycles. The number of methoxy groups -OCH3 is 2. The number of guanidine groups is 1. The number of hydrogen-bond donors (Lipinski definition) is 2. The van der Waals surface area contributed by atoms with E-state index in [9.17, 15) is 5.11 Å². The van der Waals surface area contributed by atoms with Crippen LogP contribution in [0.5, 0.6) is 17.2 Å². The predicted octanol–water partition coefficient (Wildman–Crippen LogP) is 3.75. The van der Waals surface area contributed by atoms with Crippen LogP contribution in [0.1, 0.15) is 18.9 Å². The summed E-state index contributed by atoms with van der Waals surface area (Å²) in [4.78, 5) is 9.38. The van der Waals surface area contributed by atoms with Crippen molar-refractivity contribution in [3.8, 4) is 17.2 Å². The number of phenolic OH excluding ortho intramolecular Hbond substituents is 1. The Morgan fingerprint density at radius 2 is 1.75 bits per heavy atom. The molecule has 0 atom stereocenters. The number of benzene rings is 2. The molecule has 1 aliphatic rings. The van der Waals surface area contributed by atoms with Gasteiger partial charge in [0.2, 0.25) is 0 Å². The first-order chi connectivity index (χ1) is 15.2. The van der Waals surface area contributed by atoms with Gasteiger partial charge in [0.15, 0.2) is 17.5 Å². The van der Waals surface area contributed by atoms with Gasteiger partial charge in [0.1, 0.15) is 5.75 Å². The molecule has 0 bridgehead atoms. The Morgan fingerprint density at radius 1 is 1.03 bits per heavy atom. The average molecular weight is 554 g/mol. The first kappa shape index (κ1) is 25.9. The van der Waals surface area contributed by atoms with E-state index in [0.717, 1.165) is 75.3 Å². The van der Waals surface area contributed by atoms with Crippen molar-refractivity contribution >= 4 is 35.6 Å². The lowest BCUT2D eigenvalue weighted by atomic mass is 10.1. The Hall–Kier alpha value is -2.36. The monoisotopic (exact) mass is 554 g/mol. The number of nitrogens with one attached hydrogen (secondary N) is 1. The Bertz CT molecular complexity index is 870. The van der Waals surface area contributed by atoms with Gasteiger partial charge in [-0.1, -0.05) is 18.2 Å². The lowest BCUT2D eigenvalue weighted by molar-refractivity contribution is 0.354. The molecule has 32 heavy (non-hydrogen) atoms. The van der Waals surface area contributed by atoms with Gasteiger partial charge in [-0.05, 0) is 49.6 Å². The molecule has 7 nitrogen and oxygen atoms in total. The summed E-state index contributed by atoms with van der Waals surface area (Å²) in [6.07, 6.45) is 1.90. The maximum atomic E-state index is 10.1. The molecule has 3 rings (SSSR count). The summed E-state index contributed by atoms with van der Waals surface area (Å²) in [7, 11) is 3.31. The minimum atomic E-state index is 0. The van der Waals surface area contributed by atoms with E-state index < -0.39 is 0 Å². The van der Waals surface area contributed by atoms with Crippen molar-refractivity contribution in [1.29, 1.82) is 0 Å². The van der Waals surface area contributed by atoms with Crippen molar-refractivity contribution in [3.05, 3.63) is 48.0 Å². The third-order valence-corrected chi connectivity index (χ3v) is 5.47. The number of anilines is 1. The first-order valence-electron chi connectivity index (χ1n) is 10.9. The van der Waals surface area contributed by atoms with Crippen molar-refractivity contribution in [2.24, 2.45) is 4.99 Å². The van der Waals surface area contributed by atoms with Gasteiger partial charge in [-0.15, -0.1) is 24.0 Å². The Kier molecular flexibility index (Phi) is 10.7. The van der Waals surface area contributed by atoms with Crippen molar-refractivity contribution in [2.75, 3.05) is 58.4 Å². The highest BCUT2D eigenvalue weighted by molar-refractivity contribution is 14.0. The summed E-state index contributed by atoms with van der Waals surface area (Å²) in [6.45, 7) is 7.15. The Morgan fingerprint density at radius 3 is 2.41 bits per heavy atom. The van der Waals surface area contributed by atoms with Crippen molar-refractivity contribution in [1.82, 2.24) is 10.2 Å². The van der Waals surface area contributed by atoms with Gasteiger partial charge in [-0.3, -0.25) is 4.99 Å². The SMILES string of the molecule is CCNC(=NCCCc1ccc(OC)c(OC)c1)N1CCN(c2ccccc2O)CC1.I. The fourth-order valence-corrected chi connectivity index (χ4v) is 3.82. The molecule has 0 amide bonds. The fourth-order valence-electron chi connectivity index (χ4n) is 3.82. The van der Waals surface area contributed by atoms with E-state index in [0.29, 0.717) is 5.75 Å². The van der Waals surface area contributed by atoms with Crippen molar-refractivity contribution in [3.63, 3.8) is 0 Å². The van der Waals surface area contributed by atoms with Gasteiger partial charge in [0.05, 0.1) is 19.9 Å². The van der Waals surface area contributed by atoms with Gasteiger partial charge in [0.25, 0.3) is 0 Å². The highest BCUT2D eigenvalue weighted by Crippen LogP contribution is 2.28. The number of rotatable bonds is 8. The van der Waals surface area contributed by atoms with E-state index >= 15 is 0 Å². The molecule has 2 aromatic carbocycles. The number of halogens is 1. The number of aryl methyl sites for hydroxylation is 1. The van der Waals surface area contributed by atoms with Gasteiger partial charge in [-0.25, -0.2) is 0 Å². The number of para-hydroxylation sites is 2. The second kappa shape index (κ2) is 13.2. The summed E-state index contributed by atoms with van der Waals surface area (Å²) in [5.74, 6) is 2.82. The molecule has 1 aliphatic heterocycles. The van der Waals surface area contributed by atoms with E-state index in [2.05, 4.69) is 28.1 Å². The maximum Gasteiger partial charge on any atom is 0.194 e. The van der Waals surface area contributed by atoms with Gasteiger partial charge >= 0.3 is 0 Å². The lowest BCUT2D eigenvalue weighted by Gasteiger charge is -2.37. The normalized spacial score (nSPS) is 14.0. The standard InChI is InChI=1S/C24H34N4O3.HI/c1-4-25-24(26-13-7-8-19-11-12-22(30-2)23(18-19)31-3)28-16-14-27(15-17-28)20-9-5-6-10-21(20)29;/h5-6,9-12,18,29H,4,7-8,13-17H2,1-3H3,(H,25,26);1H. The van der Waals surface area contributed by atoms with E-state index in [-0.39, 0.29) is 24.0 Å². The van der Waals surface area contributed by atoms with Crippen LogP contribution in [0.3, 0.4) is 0 Å². The smallest absolute Gasteiger partial charge is 0.194 e. The molecular formula is C24H35IN4O3. The molecule has 1 heterocycles. The van der Waals surface area contributed by atoms with Crippen molar-refractivity contribution in [2.45, 2.75) is 19.8 Å². The summed E-state index contributed by atoms with van der Waals surface area (Å²) < 4.78 is 10.7. The summed E-state index contributed by atoms with van der Waals surface area (Å²) in [5, 5.41) is 13.5. The average Bonchev–Trinajstić information content (AvgIpc) is 2.81. The molecule has 0 aromatic heterocycles. The van der Waals surface area contributed by atoms with Gasteiger partial charge in [-0.2, -0.15) is 0 Å². The number of piperazine rings is 1. The summed E-state index contributed by atoms with van der Waals surface area (Å²) >= 11 is 0. The zero-order valence-electron chi connectivity index (χ0n) is 19.2. The maximum absolute atomic E-state index is 10.1. The second-order valence-corrected chi connectivity index (χ2v) is 7.49. The van der Waals surface area contributed by atoms with E-state index in [1.165, 1.54) is 5.56 Å².